The van der Waals surface area contributed by atoms with Gasteiger partial charge in [-0.1, -0.05) is 25.1 Å². The van der Waals surface area contributed by atoms with Crippen LogP contribution in [0, 0.1) is 0 Å². The number of amides is 1. The van der Waals surface area contributed by atoms with Crippen LogP contribution in [0.3, 0.4) is 0 Å². The summed E-state index contributed by atoms with van der Waals surface area (Å²) in [6, 6.07) is 12.9. The Morgan fingerprint density at radius 1 is 1.00 bits per heavy atom. The third-order valence-electron chi connectivity index (χ3n) is 3.37. The minimum atomic E-state index is -0.215. The molecule has 0 fully saturated rings. The van der Waals surface area contributed by atoms with Crippen molar-refractivity contribution in [3.63, 3.8) is 0 Å². The average Bonchev–Trinajstić information content (AvgIpc) is 2.60. The number of rotatable bonds is 7. The highest BCUT2D eigenvalue weighted by molar-refractivity contribution is 5.92. The lowest BCUT2D eigenvalue weighted by atomic mass is 10.1. The van der Waals surface area contributed by atoms with Crippen LogP contribution in [-0.4, -0.2) is 26.7 Å². The molecule has 0 spiro atoms. The van der Waals surface area contributed by atoms with E-state index in [0.717, 1.165) is 17.7 Å². The van der Waals surface area contributed by atoms with Crippen molar-refractivity contribution in [1.82, 2.24) is 0 Å². The highest BCUT2D eigenvalue weighted by Gasteiger charge is 2.08. The monoisotopic (exact) mass is 315 g/mol. The normalized spacial score (nSPS) is 10.0. The maximum Gasteiger partial charge on any atom is 0.262 e. The van der Waals surface area contributed by atoms with Crippen molar-refractivity contribution in [1.29, 1.82) is 0 Å². The Bertz CT molecular complexity index is 648. The third-order valence-corrected chi connectivity index (χ3v) is 3.37. The average molecular weight is 315 g/mol. The lowest BCUT2D eigenvalue weighted by Crippen LogP contribution is -2.20. The molecule has 2 aromatic carbocycles. The van der Waals surface area contributed by atoms with Crippen LogP contribution >= 0.6 is 0 Å². The maximum absolute atomic E-state index is 12.1. The molecule has 2 rings (SSSR count). The van der Waals surface area contributed by atoms with E-state index in [1.54, 1.807) is 32.4 Å². The molecule has 0 aliphatic heterocycles. The molecule has 2 aromatic rings. The summed E-state index contributed by atoms with van der Waals surface area (Å²) < 4.78 is 15.9. The first kappa shape index (κ1) is 16.7. The van der Waals surface area contributed by atoms with Gasteiger partial charge in [0.25, 0.3) is 5.91 Å². The van der Waals surface area contributed by atoms with E-state index in [9.17, 15) is 4.79 Å². The second-order valence-electron chi connectivity index (χ2n) is 4.90. The first-order chi connectivity index (χ1) is 11.2. The first-order valence-corrected chi connectivity index (χ1v) is 7.40. The van der Waals surface area contributed by atoms with Gasteiger partial charge in [-0.3, -0.25) is 4.79 Å². The van der Waals surface area contributed by atoms with Crippen LogP contribution in [0.5, 0.6) is 17.2 Å². The van der Waals surface area contributed by atoms with Gasteiger partial charge in [-0.25, -0.2) is 0 Å². The molecule has 0 atom stereocenters. The van der Waals surface area contributed by atoms with Gasteiger partial charge in [-0.15, -0.1) is 0 Å². The Morgan fingerprint density at radius 3 is 2.22 bits per heavy atom. The van der Waals surface area contributed by atoms with Crippen molar-refractivity contribution in [3.8, 4) is 17.2 Å². The molecule has 0 radical (unpaired) electrons. The fourth-order valence-corrected chi connectivity index (χ4v) is 2.15. The number of hydrogen-bond donors (Lipinski definition) is 1. The van der Waals surface area contributed by atoms with Crippen LogP contribution in [0.25, 0.3) is 0 Å². The molecular weight excluding hydrogens is 294 g/mol. The van der Waals surface area contributed by atoms with Crippen LogP contribution in [0.1, 0.15) is 12.5 Å². The minimum Gasteiger partial charge on any atom is -0.496 e. The highest BCUT2D eigenvalue weighted by atomic mass is 16.5. The fraction of sp³-hybridized carbons (Fsp3) is 0.278. The Hall–Kier alpha value is -2.69. The summed E-state index contributed by atoms with van der Waals surface area (Å²) in [5.74, 6) is 1.51. The van der Waals surface area contributed by atoms with Gasteiger partial charge in [0.15, 0.2) is 6.61 Å². The van der Waals surface area contributed by atoms with Gasteiger partial charge in [-0.2, -0.15) is 0 Å². The molecule has 23 heavy (non-hydrogen) atoms. The third kappa shape index (κ3) is 4.64. The number of benzene rings is 2. The Morgan fingerprint density at radius 2 is 1.61 bits per heavy atom. The molecule has 1 amide bonds. The van der Waals surface area contributed by atoms with Crippen molar-refractivity contribution in [2.75, 3.05) is 26.1 Å². The molecule has 5 nitrogen and oxygen atoms in total. The van der Waals surface area contributed by atoms with E-state index in [2.05, 4.69) is 5.32 Å². The quantitative estimate of drug-likeness (QED) is 0.852. The second-order valence-corrected chi connectivity index (χ2v) is 4.90. The molecule has 0 aliphatic carbocycles. The van der Waals surface area contributed by atoms with Crippen LogP contribution in [-0.2, 0) is 11.2 Å². The summed E-state index contributed by atoms with van der Waals surface area (Å²) in [5.41, 5.74) is 1.90. The fourth-order valence-electron chi connectivity index (χ4n) is 2.15. The van der Waals surface area contributed by atoms with Crippen molar-refractivity contribution in [2.45, 2.75) is 13.3 Å². The smallest absolute Gasteiger partial charge is 0.262 e. The summed E-state index contributed by atoms with van der Waals surface area (Å²) in [4.78, 5) is 12.1. The number of ether oxygens (including phenoxy) is 3. The predicted octanol–water partition coefficient (Wildman–Crippen LogP) is 3.28. The van der Waals surface area contributed by atoms with Gasteiger partial charge in [0.1, 0.15) is 17.2 Å². The lowest BCUT2D eigenvalue weighted by molar-refractivity contribution is -0.118. The number of methoxy groups -OCH3 is 2. The van der Waals surface area contributed by atoms with E-state index in [1.807, 2.05) is 31.2 Å². The van der Waals surface area contributed by atoms with E-state index in [4.69, 9.17) is 14.2 Å². The van der Waals surface area contributed by atoms with E-state index < -0.39 is 0 Å². The summed E-state index contributed by atoms with van der Waals surface area (Å²) in [5, 5.41) is 2.86. The molecule has 5 heteroatoms. The lowest BCUT2D eigenvalue weighted by Gasteiger charge is -2.12. The van der Waals surface area contributed by atoms with Crippen LogP contribution < -0.4 is 19.5 Å². The van der Waals surface area contributed by atoms with E-state index in [1.165, 1.54) is 0 Å². The standard InChI is InChI=1S/C18H21NO4/c1-4-13-7-5-6-8-17(13)19-18(20)12-23-16-10-14(21-2)9-15(11-16)22-3/h5-11H,4,12H2,1-3H3,(H,19,20). The first-order valence-electron chi connectivity index (χ1n) is 7.40. The summed E-state index contributed by atoms with van der Waals surface area (Å²) in [6.07, 6.45) is 0.852. The van der Waals surface area contributed by atoms with Crippen molar-refractivity contribution >= 4 is 11.6 Å². The number of hydrogen-bond acceptors (Lipinski definition) is 4. The second kappa shape index (κ2) is 8.08. The van der Waals surface area contributed by atoms with Gasteiger partial charge in [0, 0.05) is 23.9 Å². The van der Waals surface area contributed by atoms with E-state index >= 15 is 0 Å². The number of anilines is 1. The van der Waals surface area contributed by atoms with Crippen LogP contribution in [0.4, 0.5) is 5.69 Å². The number of nitrogens with one attached hydrogen (secondary N) is 1. The van der Waals surface area contributed by atoms with Gasteiger partial charge in [0.05, 0.1) is 14.2 Å². The minimum absolute atomic E-state index is 0.0889. The summed E-state index contributed by atoms with van der Waals surface area (Å²) >= 11 is 0. The topological polar surface area (TPSA) is 56.8 Å². The Labute approximate surface area is 136 Å². The summed E-state index contributed by atoms with van der Waals surface area (Å²) in [6.45, 7) is 1.96. The molecule has 0 aromatic heterocycles. The van der Waals surface area contributed by atoms with Crippen molar-refractivity contribution in [3.05, 3.63) is 48.0 Å². The van der Waals surface area contributed by atoms with Crippen molar-refractivity contribution < 1.29 is 19.0 Å². The molecule has 1 N–H and O–H groups in total. The zero-order chi connectivity index (χ0) is 16.7. The number of carbonyl (C=O) groups excluding carboxylic acids is 1. The van der Waals surface area contributed by atoms with Gasteiger partial charge < -0.3 is 19.5 Å². The Balaban J connectivity index is 1.99. The SMILES string of the molecule is CCc1ccccc1NC(=O)COc1cc(OC)cc(OC)c1. The van der Waals surface area contributed by atoms with E-state index in [-0.39, 0.29) is 12.5 Å². The molecule has 122 valence electrons. The van der Waals surface area contributed by atoms with Crippen molar-refractivity contribution in [2.24, 2.45) is 0 Å². The summed E-state index contributed by atoms with van der Waals surface area (Å²) in [7, 11) is 3.12. The molecule has 0 unspecified atom stereocenters. The van der Waals surface area contributed by atoms with Crippen LogP contribution in [0.15, 0.2) is 42.5 Å². The molecule has 0 saturated carbocycles. The number of aryl methyl sites for hydroxylation is 1. The zero-order valence-electron chi connectivity index (χ0n) is 13.6. The van der Waals surface area contributed by atoms with Crippen LogP contribution in [0.2, 0.25) is 0 Å². The molecular formula is C18H21NO4. The van der Waals surface area contributed by atoms with Gasteiger partial charge in [0.2, 0.25) is 0 Å². The van der Waals surface area contributed by atoms with Gasteiger partial charge in [-0.05, 0) is 18.1 Å². The predicted molar refractivity (Wildman–Crippen MR) is 89.5 cm³/mol. The molecule has 0 aliphatic rings. The zero-order valence-corrected chi connectivity index (χ0v) is 13.6. The van der Waals surface area contributed by atoms with E-state index in [0.29, 0.717) is 17.2 Å². The molecule has 0 saturated heterocycles. The largest absolute Gasteiger partial charge is 0.496 e. The highest BCUT2D eigenvalue weighted by Crippen LogP contribution is 2.27. The number of para-hydroxylation sites is 1. The number of carbonyl (C=O) groups is 1. The van der Waals surface area contributed by atoms with Gasteiger partial charge >= 0.3 is 0 Å². The molecule has 0 bridgehead atoms. The molecule has 0 heterocycles. The maximum atomic E-state index is 12.1. The Kier molecular flexibility index (Phi) is 5.86.